The molecule has 1 aromatic heterocycles. The van der Waals surface area contributed by atoms with Crippen molar-refractivity contribution in [2.24, 2.45) is 0 Å². The molecule has 5 nitrogen and oxygen atoms in total. The number of rotatable bonds is 9. The summed E-state index contributed by atoms with van der Waals surface area (Å²) >= 11 is 1.29. The number of carboxylic acids is 1. The summed E-state index contributed by atoms with van der Waals surface area (Å²) in [5.41, 5.74) is 1.17. The lowest BCUT2D eigenvalue weighted by atomic mass is 10.1. The van der Waals surface area contributed by atoms with Gasteiger partial charge in [-0.1, -0.05) is 39.5 Å². The highest BCUT2D eigenvalue weighted by molar-refractivity contribution is 7.99. The maximum Gasteiger partial charge on any atom is 0.313 e. The van der Waals surface area contributed by atoms with E-state index in [0.717, 1.165) is 31.3 Å². The molecule has 0 aromatic carbocycles. The minimum absolute atomic E-state index is 0.0554. The lowest BCUT2D eigenvalue weighted by Gasteiger charge is -2.20. The molecule has 1 heterocycles. The summed E-state index contributed by atoms with van der Waals surface area (Å²) < 4.78 is 2.16. The van der Waals surface area contributed by atoms with Crippen molar-refractivity contribution in [2.45, 2.75) is 45.3 Å². The molecule has 0 saturated heterocycles. The van der Waals surface area contributed by atoms with Crippen molar-refractivity contribution in [2.75, 3.05) is 25.4 Å². The van der Waals surface area contributed by atoms with Gasteiger partial charge in [-0.25, -0.2) is 4.98 Å². The van der Waals surface area contributed by atoms with Gasteiger partial charge in [-0.3, -0.25) is 4.79 Å². The summed E-state index contributed by atoms with van der Waals surface area (Å²) in [6.45, 7) is 12.5. The van der Waals surface area contributed by atoms with Gasteiger partial charge in [-0.05, 0) is 19.0 Å². The van der Waals surface area contributed by atoms with Gasteiger partial charge < -0.3 is 14.6 Å². The van der Waals surface area contributed by atoms with Gasteiger partial charge in [0.15, 0.2) is 5.16 Å². The fraction of sp³-hybridized carbons (Fsp3) is 0.714. The SMILES string of the molecule is CCN(CC)CCn1c(C(C)C)cnc1SCC(=O)O. The van der Waals surface area contributed by atoms with Gasteiger partial charge in [0, 0.05) is 25.0 Å². The Morgan fingerprint density at radius 1 is 1.45 bits per heavy atom. The van der Waals surface area contributed by atoms with Crippen LogP contribution in [0.4, 0.5) is 0 Å². The third-order valence-corrected chi connectivity index (χ3v) is 4.28. The number of aromatic nitrogens is 2. The van der Waals surface area contributed by atoms with Crippen molar-refractivity contribution in [3.05, 3.63) is 11.9 Å². The standard InChI is InChI=1S/C14H25N3O2S/c1-5-16(6-2)7-8-17-12(11(3)4)9-15-14(17)20-10-13(18)19/h9,11H,5-8,10H2,1-4H3,(H,18,19). The van der Waals surface area contributed by atoms with Gasteiger partial charge in [0.05, 0.1) is 5.75 Å². The summed E-state index contributed by atoms with van der Waals surface area (Å²) in [7, 11) is 0. The highest BCUT2D eigenvalue weighted by Crippen LogP contribution is 2.23. The zero-order valence-corrected chi connectivity index (χ0v) is 13.6. The van der Waals surface area contributed by atoms with Crippen LogP contribution in [0.2, 0.25) is 0 Å². The minimum Gasteiger partial charge on any atom is -0.481 e. The van der Waals surface area contributed by atoms with Crippen LogP contribution in [0.3, 0.4) is 0 Å². The summed E-state index contributed by atoms with van der Waals surface area (Å²) in [5.74, 6) is -0.363. The third-order valence-electron chi connectivity index (χ3n) is 3.30. The number of aliphatic carboxylic acids is 1. The van der Waals surface area contributed by atoms with Gasteiger partial charge in [0.25, 0.3) is 0 Å². The molecular weight excluding hydrogens is 274 g/mol. The first-order valence-electron chi connectivity index (χ1n) is 7.11. The topological polar surface area (TPSA) is 58.4 Å². The average Bonchev–Trinajstić information content (AvgIpc) is 2.80. The molecule has 1 N–H and O–H groups in total. The van der Waals surface area contributed by atoms with Crippen LogP contribution < -0.4 is 0 Å². The maximum absolute atomic E-state index is 10.7. The van der Waals surface area contributed by atoms with Crippen molar-refractivity contribution in [3.8, 4) is 0 Å². The fourth-order valence-electron chi connectivity index (χ4n) is 2.08. The van der Waals surface area contributed by atoms with E-state index in [1.54, 1.807) is 0 Å². The van der Waals surface area contributed by atoms with Gasteiger partial charge in [-0.15, -0.1) is 0 Å². The third kappa shape index (κ3) is 4.83. The first-order valence-corrected chi connectivity index (χ1v) is 8.10. The van der Waals surface area contributed by atoms with Gasteiger partial charge in [0.1, 0.15) is 0 Å². The summed E-state index contributed by atoms with van der Waals surface area (Å²) in [5, 5.41) is 9.62. The van der Waals surface area contributed by atoms with Crippen molar-refractivity contribution < 1.29 is 9.90 Å². The molecule has 0 amide bonds. The molecule has 0 atom stereocenters. The summed E-state index contributed by atoms with van der Waals surface area (Å²) in [4.78, 5) is 17.5. The molecule has 0 bridgehead atoms. The van der Waals surface area contributed by atoms with Crippen LogP contribution in [-0.2, 0) is 11.3 Å². The molecule has 0 aliphatic heterocycles. The van der Waals surface area contributed by atoms with Crippen LogP contribution >= 0.6 is 11.8 Å². The van der Waals surface area contributed by atoms with E-state index in [1.807, 2.05) is 6.20 Å². The molecule has 0 aliphatic carbocycles. The van der Waals surface area contributed by atoms with Crippen molar-refractivity contribution in [1.82, 2.24) is 14.5 Å². The molecule has 0 radical (unpaired) electrons. The fourth-order valence-corrected chi connectivity index (χ4v) is 2.81. The lowest BCUT2D eigenvalue weighted by Crippen LogP contribution is -2.27. The molecule has 0 unspecified atom stereocenters. The Morgan fingerprint density at radius 2 is 2.10 bits per heavy atom. The molecule has 0 spiro atoms. The van der Waals surface area contributed by atoms with Crippen molar-refractivity contribution in [3.63, 3.8) is 0 Å². The van der Waals surface area contributed by atoms with Crippen LogP contribution in [0.5, 0.6) is 0 Å². The predicted octanol–water partition coefficient (Wildman–Crippen LogP) is 2.53. The lowest BCUT2D eigenvalue weighted by molar-refractivity contribution is -0.133. The second-order valence-electron chi connectivity index (χ2n) is 4.98. The van der Waals surface area contributed by atoms with E-state index in [-0.39, 0.29) is 5.75 Å². The summed E-state index contributed by atoms with van der Waals surface area (Å²) in [6, 6.07) is 0. The average molecular weight is 299 g/mol. The van der Waals surface area contributed by atoms with E-state index in [9.17, 15) is 4.79 Å². The molecule has 20 heavy (non-hydrogen) atoms. The number of likely N-dealkylation sites (N-methyl/N-ethyl adjacent to an activating group) is 1. The zero-order chi connectivity index (χ0) is 15.1. The number of imidazole rings is 1. The summed E-state index contributed by atoms with van der Waals surface area (Å²) in [6.07, 6.45) is 1.87. The van der Waals surface area contributed by atoms with Gasteiger partial charge in [0.2, 0.25) is 0 Å². The normalized spacial score (nSPS) is 11.5. The van der Waals surface area contributed by atoms with E-state index >= 15 is 0 Å². The van der Waals surface area contributed by atoms with E-state index in [4.69, 9.17) is 5.11 Å². The number of hydrogen-bond donors (Lipinski definition) is 1. The van der Waals surface area contributed by atoms with Crippen LogP contribution in [0.15, 0.2) is 11.4 Å². The van der Waals surface area contributed by atoms with Gasteiger partial charge in [-0.2, -0.15) is 0 Å². The monoisotopic (exact) mass is 299 g/mol. The number of hydrogen-bond acceptors (Lipinski definition) is 4. The van der Waals surface area contributed by atoms with E-state index in [2.05, 4.69) is 42.1 Å². The highest BCUT2D eigenvalue weighted by atomic mass is 32.2. The van der Waals surface area contributed by atoms with Crippen molar-refractivity contribution >= 4 is 17.7 Å². The Morgan fingerprint density at radius 3 is 2.60 bits per heavy atom. The number of nitrogens with zero attached hydrogens (tertiary/aromatic N) is 3. The minimum atomic E-state index is -0.806. The second kappa shape index (κ2) is 8.32. The predicted molar refractivity (Wildman–Crippen MR) is 82.5 cm³/mol. The van der Waals surface area contributed by atoms with E-state index in [1.165, 1.54) is 17.5 Å². The van der Waals surface area contributed by atoms with Crippen molar-refractivity contribution in [1.29, 1.82) is 0 Å². The van der Waals surface area contributed by atoms with E-state index in [0.29, 0.717) is 5.92 Å². The molecule has 6 heteroatoms. The quantitative estimate of drug-likeness (QED) is 0.710. The highest BCUT2D eigenvalue weighted by Gasteiger charge is 2.14. The van der Waals surface area contributed by atoms with Crippen LogP contribution in [0, 0.1) is 0 Å². The zero-order valence-electron chi connectivity index (χ0n) is 12.8. The van der Waals surface area contributed by atoms with Gasteiger partial charge >= 0.3 is 5.97 Å². The molecule has 0 saturated carbocycles. The molecule has 0 aliphatic rings. The first kappa shape index (κ1) is 17.0. The molecule has 114 valence electrons. The Balaban J connectivity index is 2.82. The Bertz CT molecular complexity index is 428. The number of carboxylic acid groups (broad SMARTS) is 1. The number of carbonyl (C=O) groups is 1. The van der Waals surface area contributed by atoms with Crippen LogP contribution in [0.1, 0.15) is 39.3 Å². The smallest absolute Gasteiger partial charge is 0.313 e. The largest absolute Gasteiger partial charge is 0.481 e. The number of thioether (sulfide) groups is 1. The maximum atomic E-state index is 10.7. The van der Waals surface area contributed by atoms with E-state index < -0.39 is 5.97 Å². The van der Waals surface area contributed by atoms with Crippen LogP contribution in [-0.4, -0.2) is 50.9 Å². The Kier molecular flexibility index (Phi) is 7.09. The molecular formula is C14H25N3O2S. The molecule has 0 fully saturated rings. The Labute approximate surface area is 125 Å². The van der Waals surface area contributed by atoms with Crippen LogP contribution in [0.25, 0.3) is 0 Å². The molecule has 1 rings (SSSR count). The second-order valence-corrected chi connectivity index (χ2v) is 5.92. The first-order chi connectivity index (χ1) is 9.49. The molecule has 1 aromatic rings. The Hall–Kier alpha value is -1.01.